The predicted molar refractivity (Wildman–Crippen MR) is 91.1 cm³/mol. The van der Waals surface area contributed by atoms with Crippen molar-refractivity contribution in [3.8, 4) is 0 Å². The zero-order valence-corrected chi connectivity index (χ0v) is 14.8. The Morgan fingerprint density at radius 1 is 1.22 bits per heavy atom. The fourth-order valence-electron chi connectivity index (χ4n) is 2.75. The average Bonchev–Trinajstić information content (AvgIpc) is 2.34. The Balaban J connectivity index is 1.89. The van der Waals surface area contributed by atoms with Crippen molar-refractivity contribution in [1.82, 2.24) is 0 Å². The van der Waals surface area contributed by atoms with Gasteiger partial charge in [-0.3, -0.25) is 0 Å². The first-order valence-electron chi connectivity index (χ1n) is 6.78. The van der Waals surface area contributed by atoms with Crippen molar-refractivity contribution in [2.75, 3.05) is 5.32 Å². The molecule has 0 radical (unpaired) electrons. The average molecular weight is 422 g/mol. The minimum absolute atomic E-state index is 0.664. The maximum atomic E-state index is 3.68. The quantitative estimate of drug-likeness (QED) is 0.619. The second kappa shape index (κ2) is 6.60. The fraction of sp³-hybridized carbons (Fsp3) is 0.600. The summed E-state index contributed by atoms with van der Waals surface area (Å²) in [5.41, 5.74) is 1.26. The van der Waals surface area contributed by atoms with E-state index in [0.717, 1.165) is 11.8 Å². The van der Waals surface area contributed by atoms with Crippen LogP contribution in [-0.4, -0.2) is 6.04 Å². The molecule has 0 aliphatic heterocycles. The largest absolute Gasteiger partial charge is 0.382 e. The van der Waals surface area contributed by atoms with Gasteiger partial charge in [0.15, 0.2) is 0 Å². The highest BCUT2D eigenvalue weighted by Gasteiger charge is 2.22. The molecule has 1 N–H and O–H groups in total. The lowest BCUT2D eigenvalue weighted by Crippen LogP contribution is -2.27. The maximum Gasteiger partial charge on any atom is 0.0353 e. The van der Waals surface area contributed by atoms with Crippen molar-refractivity contribution < 1.29 is 0 Å². The van der Waals surface area contributed by atoms with Crippen molar-refractivity contribution in [2.24, 2.45) is 11.8 Å². The smallest absolute Gasteiger partial charge is 0.0353 e. The van der Waals surface area contributed by atoms with E-state index in [9.17, 15) is 0 Å². The number of halogens is 2. The van der Waals surface area contributed by atoms with E-state index in [0.29, 0.717) is 6.04 Å². The van der Waals surface area contributed by atoms with Gasteiger partial charge in [0.1, 0.15) is 0 Å². The Labute approximate surface area is 132 Å². The fourth-order valence-corrected chi connectivity index (χ4v) is 3.51. The molecule has 1 aliphatic carbocycles. The van der Waals surface area contributed by atoms with Crippen molar-refractivity contribution in [2.45, 2.75) is 45.6 Å². The van der Waals surface area contributed by atoms with Gasteiger partial charge in [0.05, 0.1) is 0 Å². The summed E-state index contributed by atoms with van der Waals surface area (Å²) in [5, 5.41) is 3.68. The van der Waals surface area contributed by atoms with Crippen LogP contribution in [0.5, 0.6) is 0 Å². The zero-order valence-electron chi connectivity index (χ0n) is 11.0. The molecule has 0 amide bonds. The van der Waals surface area contributed by atoms with Gasteiger partial charge >= 0.3 is 0 Å². The number of hydrogen-bond donors (Lipinski definition) is 1. The highest BCUT2D eigenvalue weighted by Crippen LogP contribution is 2.32. The second-order valence-electron chi connectivity index (χ2n) is 5.63. The molecule has 0 heterocycles. The topological polar surface area (TPSA) is 12.0 Å². The Morgan fingerprint density at radius 3 is 2.44 bits per heavy atom. The van der Waals surface area contributed by atoms with Crippen molar-refractivity contribution >= 4 is 44.2 Å². The molecule has 1 aromatic carbocycles. The number of rotatable bonds is 3. The third-order valence-corrected chi connectivity index (χ3v) is 6.33. The lowest BCUT2D eigenvalue weighted by atomic mass is 9.79. The van der Waals surface area contributed by atoms with E-state index in [4.69, 9.17) is 0 Å². The molecule has 0 bridgehead atoms. The van der Waals surface area contributed by atoms with Gasteiger partial charge in [-0.25, -0.2) is 0 Å². The number of anilines is 1. The van der Waals surface area contributed by atoms with Crippen molar-refractivity contribution in [1.29, 1.82) is 0 Å². The maximum absolute atomic E-state index is 3.68. The molecule has 1 aliphatic rings. The van der Waals surface area contributed by atoms with E-state index in [2.05, 4.69) is 75.9 Å². The molecule has 1 fully saturated rings. The Bertz CT molecular complexity index is 397. The summed E-state index contributed by atoms with van der Waals surface area (Å²) in [7, 11) is 0. The zero-order chi connectivity index (χ0) is 13.1. The van der Waals surface area contributed by atoms with Crippen LogP contribution in [0.3, 0.4) is 0 Å². The molecule has 1 nitrogen and oxygen atoms in total. The number of hydrogen-bond acceptors (Lipinski definition) is 1. The first-order chi connectivity index (χ1) is 8.56. The normalized spacial score (nSPS) is 24.3. The molecule has 18 heavy (non-hydrogen) atoms. The van der Waals surface area contributed by atoms with Gasteiger partial charge < -0.3 is 5.32 Å². The van der Waals surface area contributed by atoms with Crippen LogP contribution < -0.4 is 5.32 Å². The molecule has 3 heteroatoms. The first kappa shape index (κ1) is 14.6. The molecule has 0 saturated heterocycles. The highest BCUT2D eigenvalue weighted by molar-refractivity contribution is 14.1. The molecular formula is C15H21BrIN. The summed E-state index contributed by atoms with van der Waals surface area (Å²) in [6.45, 7) is 4.71. The minimum Gasteiger partial charge on any atom is -0.382 e. The van der Waals surface area contributed by atoms with E-state index < -0.39 is 0 Å². The molecule has 0 unspecified atom stereocenters. The van der Waals surface area contributed by atoms with Gasteiger partial charge in [0, 0.05) is 19.8 Å². The first-order valence-corrected chi connectivity index (χ1v) is 8.65. The van der Waals surface area contributed by atoms with Gasteiger partial charge in [-0.05, 0) is 94.2 Å². The number of benzene rings is 1. The standard InChI is InChI=1S/C15H21BrIN/c1-10(2)11-3-5-12(6-4-11)18-13-7-8-14(16)15(17)9-13/h7-12,18H,3-6H2,1-2H3. The van der Waals surface area contributed by atoms with Crippen LogP contribution in [0.2, 0.25) is 0 Å². The summed E-state index contributed by atoms with van der Waals surface area (Å²) >= 11 is 5.91. The third-order valence-electron chi connectivity index (χ3n) is 4.01. The van der Waals surface area contributed by atoms with Crippen LogP contribution in [0, 0.1) is 15.4 Å². The SMILES string of the molecule is CC(C)C1CCC(Nc2ccc(Br)c(I)c2)CC1. The summed E-state index contributed by atoms with van der Waals surface area (Å²) < 4.78 is 2.45. The van der Waals surface area contributed by atoms with Gasteiger partial charge in [-0.1, -0.05) is 13.8 Å². The van der Waals surface area contributed by atoms with Gasteiger partial charge in [-0.2, -0.15) is 0 Å². The molecule has 0 atom stereocenters. The lowest BCUT2D eigenvalue weighted by Gasteiger charge is -2.31. The van der Waals surface area contributed by atoms with Crippen molar-refractivity contribution in [3.63, 3.8) is 0 Å². The number of nitrogens with one attached hydrogen (secondary N) is 1. The minimum atomic E-state index is 0.664. The molecular weight excluding hydrogens is 401 g/mol. The van der Waals surface area contributed by atoms with Crippen LogP contribution >= 0.6 is 38.5 Å². The summed E-state index contributed by atoms with van der Waals surface area (Å²) in [6, 6.07) is 7.18. The predicted octanol–water partition coefficient (Wildman–Crippen LogP) is 5.68. The van der Waals surface area contributed by atoms with E-state index in [-0.39, 0.29) is 0 Å². The van der Waals surface area contributed by atoms with Crippen LogP contribution in [0.15, 0.2) is 22.7 Å². The molecule has 1 aromatic rings. The molecule has 2 rings (SSSR count). The van der Waals surface area contributed by atoms with Gasteiger partial charge in [0.25, 0.3) is 0 Å². The van der Waals surface area contributed by atoms with Crippen LogP contribution in [-0.2, 0) is 0 Å². The van der Waals surface area contributed by atoms with E-state index in [1.807, 2.05) is 0 Å². The van der Waals surface area contributed by atoms with Gasteiger partial charge in [-0.15, -0.1) is 0 Å². The molecule has 0 spiro atoms. The Hall–Kier alpha value is 0.230. The Morgan fingerprint density at radius 2 is 1.89 bits per heavy atom. The monoisotopic (exact) mass is 421 g/mol. The summed E-state index contributed by atoms with van der Waals surface area (Å²) in [6.07, 6.45) is 5.39. The van der Waals surface area contributed by atoms with E-state index in [1.165, 1.54) is 39.4 Å². The lowest BCUT2D eigenvalue weighted by molar-refractivity contribution is 0.267. The summed E-state index contributed by atoms with van der Waals surface area (Å²) in [4.78, 5) is 0. The third kappa shape index (κ3) is 3.86. The van der Waals surface area contributed by atoms with E-state index in [1.54, 1.807) is 0 Å². The highest BCUT2D eigenvalue weighted by atomic mass is 127. The molecule has 100 valence electrons. The van der Waals surface area contributed by atoms with E-state index >= 15 is 0 Å². The van der Waals surface area contributed by atoms with Gasteiger partial charge in [0.2, 0.25) is 0 Å². The Kier molecular flexibility index (Phi) is 5.36. The van der Waals surface area contributed by atoms with Crippen LogP contribution in [0.25, 0.3) is 0 Å². The van der Waals surface area contributed by atoms with Crippen molar-refractivity contribution in [3.05, 3.63) is 26.2 Å². The van der Waals surface area contributed by atoms with Crippen LogP contribution in [0.1, 0.15) is 39.5 Å². The summed E-state index contributed by atoms with van der Waals surface area (Å²) in [5.74, 6) is 1.78. The van der Waals surface area contributed by atoms with Crippen LogP contribution in [0.4, 0.5) is 5.69 Å². The second-order valence-corrected chi connectivity index (χ2v) is 7.65. The molecule has 0 aromatic heterocycles. The molecule has 1 saturated carbocycles.